The van der Waals surface area contributed by atoms with Gasteiger partial charge in [0.25, 0.3) is 6.47 Å². The number of hydrogen-bond donors (Lipinski definition) is 2. The van der Waals surface area contributed by atoms with Gasteiger partial charge in [-0.05, 0) is 175 Å². The Kier molecular flexibility index (Phi) is 37.2. The van der Waals surface area contributed by atoms with Crippen LogP contribution in [0.15, 0.2) is 196 Å². The number of halogens is 3. The molecule has 1 unspecified atom stereocenters. The van der Waals surface area contributed by atoms with Crippen molar-refractivity contribution in [3.05, 3.63) is 232 Å². The molecular weight excluding hydrogens is 1520 g/mol. The summed E-state index contributed by atoms with van der Waals surface area (Å²) in [4.78, 5) is 58.6. The minimum absolute atomic E-state index is 0. The van der Waals surface area contributed by atoms with Crippen LogP contribution >= 0.6 is 24.2 Å². The summed E-state index contributed by atoms with van der Waals surface area (Å²) in [6, 6.07) is 50.9. The largest absolute Gasteiger partial charge is 1.00 e. The van der Waals surface area contributed by atoms with Crippen LogP contribution in [0.5, 0.6) is 5.75 Å². The molecule has 2 fully saturated rings. The first-order chi connectivity index (χ1) is 52.0. The predicted molar refractivity (Wildman–Crippen MR) is 410 cm³/mol. The van der Waals surface area contributed by atoms with Gasteiger partial charge in [-0.1, -0.05) is 73.6 Å². The molecular formula is C82H76BClF2K2N6O16S. The Balaban J connectivity index is 0.000000300. The number of ether oxygens (including phenoxy) is 4. The first-order valence-electron chi connectivity index (χ1n) is 33.3. The quantitative estimate of drug-likeness (QED) is 0.0270. The molecule has 562 valence electrons. The summed E-state index contributed by atoms with van der Waals surface area (Å²) in [5.74, 6) is -0.459. The minimum atomic E-state index is -0.979. The molecule has 8 heterocycles. The number of nitrogens with zero attached hydrogens (tertiary/aromatic N) is 6. The van der Waals surface area contributed by atoms with Crippen molar-refractivity contribution in [1.29, 1.82) is 15.8 Å². The van der Waals surface area contributed by atoms with Crippen molar-refractivity contribution < 1.29 is 189 Å². The Bertz CT molecular complexity index is 5270. The van der Waals surface area contributed by atoms with Crippen LogP contribution in [-0.2, 0) is 33.2 Å². The number of benzene rings is 6. The van der Waals surface area contributed by atoms with Crippen molar-refractivity contribution in [2.24, 2.45) is 0 Å². The van der Waals surface area contributed by atoms with Gasteiger partial charge in [0.05, 0.1) is 76.0 Å². The molecule has 0 radical (unpaired) electrons. The van der Waals surface area contributed by atoms with Crippen LogP contribution in [0, 0.1) is 45.6 Å². The number of carbonyl (C=O) groups excluding carboxylic acids is 3. The maximum Gasteiger partial charge on any atom is 1.00 e. The van der Waals surface area contributed by atoms with E-state index in [4.69, 9.17) is 78.8 Å². The van der Waals surface area contributed by atoms with Gasteiger partial charge in [0, 0.05) is 71.2 Å². The number of carboxylic acids is 1. The van der Waals surface area contributed by atoms with Gasteiger partial charge in [-0.25, -0.2) is 23.2 Å². The van der Waals surface area contributed by atoms with Gasteiger partial charge in [-0.2, -0.15) is 28.4 Å². The number of hydrogen-bond acceptors (Lipinski definition) is 22. The monoisotopic (exact) mass is 1590 g/mol. The topological polar surface area (TPSA) is 326 Å². The molecule has 6 aromatic carbocycles. The fourth-order valence-electron chi connectivity index (χ4n) is 10.6. The zero-order chi connectivity index (χ0) is 78.2. The summed E-state index contributed by atoms with van der Waals surface area (Å²) < 4.78 is 76.7. The van der Waals surface area contributed by atoms with Crippen molar-refractivity contribution in [3.63, 3.8) is 0 Å². The number of furan rings is 3. The van der Waals surface area contributed by atoms with E-state index >= 15 is 0 Å². The Labute approximate surface area is 737 Å². The normalized spacial score (nSPS) is 13.0. The molecule has 14 rings (SSSR count). The minimum Gasteiger partial charge on any atom is -1.00 e. The molecule has 6 aromatic heterocycles. The number of nitriles is 3. The third-order valence-corrected chi connectivity index (χ3v) is 17.1. The Hall–Kier alpha value is -8.78. The molecule has 2 saturated heterocycles. The number of rotatable bonds is 13. The number of aromatic carboxylic acids is 1. The average Bonchev–Trinajstić information content (AvgIpc) is 1.65. The number of thiol groups is 1. The average molecular weight is 1600 g/mol. The van der Waals surface area contributed by atoms with Crippen molar-refractivity contribution in [1.82, 2.24) is 15.0 Å². The molecule has 22 nitrogen and oxygen atoms in total. The van der Waals surface area contributed by atoms with E-state index in [1.807, 2.05) is 64.1 Å². The predicted octanol–water partition coefficient (Wildman–Crippen LogP) is 11.3. The van der Waals surface area contributed by atoms with Crippen LogP contribution in [0.2, 0.25) is 5.02 Å². The standard InChI is InChI=1S/C23H15FN2O3.C22H14N2O4.C16H12ClNO3.C13H15BFNO2.C5H10O.CH2O3.CH4S.CH4.2K.H/c1-2-28-23(27)15-5-3-14(4-6-15)21-12-20-22(29-21)18(9-10-26-20)16-7-8-19(24)17(11-16)13-25;1-27-19-7-6-15(10-16(19)12-23)17-8-9-24-18-11-20(28-21(17)18)13-2-4-14(5-3-13)22(25)26;1-2-20-16(19)11-5-3-10(4-6-11)14-9-13-15(21-14)12(17)7-8-18-13;1-12(2)13(3,4)18-14(17-12)10-5-6-11(15)9(7-10)8-16;1-5-3-2-4-6-5;2-1-4-3;1-2;;;;/h3-12H,2H2,1H3;2-11H,1H3,(H,25,26);3-9H,2H2,1H3;5-7H,1-4H3;5H,2-4H2,1H3;1,3H;2H,1H3;1H4;;;/q;;;;;;;;2*+1;-1/p-1. The fourth-order valence-corrected chi connectivity index (χ4v) is 10.8. The van der Waals surface area contributed by atoms with Crippen molar-refractivity contribution in [3.8, 4) is 80.2 Å². The molecule has 0 amide bonds. The van der Waals surface area contributed by atoms with Crippen LogP contribution < -0.4 is 118 Å². The van der Waals surface area contributed by atoms with Crippen LogP contribution in [0.4, 0.5) is 8.78 Å². The summed E-state index contributed by atoms with van der Waals surface area (Å²) in [5, 5.41) is 45.2. The molecule has 0 spiro atoms. The van der Waals surface area contributed by atoms with Gasteiger partial charge >= 0.3 is 128 Å². The maximum absolute atomic E-state index is 13.7. The van der Waals surface area contributed by atoms with Gasteiger partial charge in [0.1, 0.15) is 69.4 Å². The third-order valence-electron chi connectivity index (χ3n) is 16.8. The molecule has 12 aromatic rings. The summed E-state index contributed by atoms with van der Waals surface area (Å²) in [6.07, 6.45) is 9.72. The fraction of sp³-hybridized carbons (Fsp3) is 0.220. The molecule has 111 heavy (non-hydrogen) atoms. The second-order valence-electron chi connectivity index (χ2n) is 24.3. The first-order valence-corrected chi connectivity index (χ1v) is 34.6. The van der Waals surface area contributed by atoms with Gasteiger partial charge in [-0.15, -0.1) is 0 Å². The van der Waals surface area contributed by atoms with Crippen LogP contribution in [0.25, 0.3) is 89.5 Å². The third kappa shape index (κ3) is 24.1. The summed E-state index contributed by atoms with van der Waals surface area (Å²) >= 11 is 9.59. The summed E-state index contributed by atoms with van der Waals surface area (Å²) in [7, 11) is 0.956. The van der Waals surface area contributed by atoms with Crippen LogP contribution in [0.1, 0.15) is 118 Å². The Morgan fingerprint density at radius 2 is 1.00 bits per heavy atom. The Morgan fingerprint density at radius 1 is 0.613 bits per heavy atom. The smallest absolute Gasteiger partial charge is 1.00 e. The van der Waals surface area contributed by atoms with E-state index in [1.54, 1.807) is 142 Å². The summed E-state index contributed by atoms with van der Waals surface area (Å²) in [6.45, 7) is 14.9. The molecule has 1 atom stereocenters. The second kappa shape index (κ2) is 44.5. The van der Waals surface area contributed by atoms with E-state index in [2.05, 4.69) is 45.5 Å². The van der Waals surface area contributed by atoms with E-state index in [1.165, 1.54) is 56.3 Å². The molecule has 0 saturated carbocycles. The molecule has 0 bridgehead atoms. The number of pyridine rings is 3. The number of methoxy groups -OCH3 is 1. The van der Waals surface area contributed by atoms with E-state index in [0.717, 1.165) is 34.4 Å². The van der Waals surface area contributed by atoms with Crippen molar-refractivity contribution in [2.75, 3.05) is 33.2 Å². The van der Waals surface area contributed by atoms with Gasteiger partial charge in [0.2, 0.25) is 0 Å². The molecule has 2 aliphatic rings. The number of carboxylic acid groups (broad SMARTS) is 1. The molecule has 0 aliphatic carbocycles. The SMILES string of the molecule is C.CC1(C)OB(c2ccc(F)c(C#N)c2)OC1(C)C.CC1CCCO1.CCOC(=O)c1ccc(-c2cc3nccc(-c4ccc(F)c(C#N)c4)c3o2)cc1.CCOC(=O)c1ccc(-c2cc3nccc(Cl)c3o2)cc1.COc1ccc(-c2ccnc3cc(-c4ccc(C(=O)O)cc4)oc23)cc1C#N.CS.O=CO[O-].[H-].[K+].[K+]. The Morgan fingerprint density at radius 3 is 1.38 bits per heavy atom. The van der Waals surface area contributed by atoms with Gasteiger partial charge in [0.15, 0.2) is 16.7 Å². The maximum atomic E-state index is 13.7. The number of fused-ring (bicyclic) bond motifs is 3. The van der Waals surface area contributed by atoms with Crippen molar-refractivity contribution in [2.45, 2.75) is 86.0 Å². The second-order valence-corrected chi connectivity index (χ2v) is 24.7. The van der Waals surface area contributed by atoms with Crippen LogP contribution in [0.3, 0.4) is 0 Å². The van der Waals surface area contributed by atoms with Crippen LogP contribution in [-0.4, -0.2) is 102 Å². The van der Waals surface area contributed by atoms with E-state index in [9.17, 15) is 28.4 Å². The van der Waals surface area contributed by atoms with Gasteiger partial charge in [-0.3, -0.25) is 19.7 Å². The van der Waals surface area contributed by atoms with E-state index in [-0.39, 0.29) is 147 Å². The first kappa shape index (κ1) is 92.8. The summed E-state index contributed by atoms with van der Waals surface area (Å²) in [5.41, 5.74) is 10.4. The number of carbonyl (C=O) groups is 4. The molecule has 1 N–H and O–H groups in total. The zero-order valence-electron chi connectivity index (χ0n) is 62.9. The van der Waals surface area contributed by atoms with E-state index < -0.39 is 35.9 Å². The van der Waals surface area contributed by atoms with E-state index in [0.29, 0.717) is 114 Å². The zero-order valence-corrected chi connectivity index (χ0v) is 69.8. The molecule has 2 aliphatic heterocycles. The van der Waals surface area contributed by atoms with Crippen molar-refractivity contribution >= 4 is 94.5 Å². The number of aromatic nitrogens is 3. The number of esters is 2. The van der Waals surface area contributed by atoms with Gasteiger partial charge < -0.3 is 58.2 Å². The molecule has 29 heteroatoms.